The Morgan fingerprint density at radius 3 is 2.06 bits per heavy atom. The summed E-state index contributed by atoms with van der Waals surface area (Å²) in [5, 5.41) is 13.8. The maximum atomic E-state index is 12.6. The van der Waals surface area contributed by atoms with Crippen LogP contribution >= 0.6 is 17.0 Å². The maximum absolute atomic E-state index is 12.6. The molecule has 0 saturated carbocycles. The molecule has 11 heteroatoms. The average molecular weight is 534 g/mol. The molecule has 2 aromatic carbocycles. The third-order valence-corrected chi connectivity index (χ3v) is 9.01. The summed E-state index contributed by atoms with van der Waals surface area (Å²) >= 11 is 0. The van der Waals surface area contributed by atoms with Crippen molar-refractivity contribution in [1.82, 2.24) is 13.9 Å². The lowest BCUT2D eigenvalue weighted by atomic mass is 9.88. The first-order chi connectivity index (χ1) is 14.0. The molecule has 3 rings (SSSR count). The Hall–Kier alpha value is -1.50. The summed E-state index contributed by atoms with van der Waals surface area (Å²) in [5.74, 6) is -0.443. The Bertz CT molecular complexity index is 1150. The predicted octanol–water partition coefficient (Wildman–Crippen LogP) is 1.75. The Kier molecular flexibility index (Phi) is 7.94. The standard InChI is InChI=1S/C20H27N3O5S2.BrH/c1-22(2)29(25,26)16-7-5-14(6-8-16)18-13-21-10-9-15-11-20(19(24)12-17(15)18)30(27,28)23(3)4;/h5-8,11-12,18,21,24H,9-10,13H2,1-4H3;1H. The van der Waals surface area contributed by atoms with Crippen molar-refractivity contribution in [2.75, 3.05) is 41.3 Å². The summed E-state index contributed by atoms with van der Waals surface area (Å²) in [4.78, 5) is 0.0904. The first-order valence-corrected chi connectivity index (χ1v) is 12.4. The Morgan fingerprint density at radius 1 is 0.935 bits per heavy atom. The number of fused-ring (bicyclic) bond motifs is 1. The fourth-order valence-electron chi connectivity index (χ4n) is 3.53. The molecule has 31 heavy (non-hydrogen) atoms. The van der Waals surface area contributed by atoms with Gasteiger partial charge in [-0.05, 0) is 53.9 Å². The molecule has 0 aromatic heterocycles. The second-order valence-corrected chi connectivity index (χ2v) is 11.9. The number of rotatable bonds is 5. The number of nitrogens with zero attached hydrogens (tertiary/aromatic N) is 2. The topological polar surface area (TPSA) is 107 Å². The van der Waals surface area contributed by atoms with Crippen molar-refractivity contribution in [3.05, 3.63) is 53.1 Å². The van der Waals surface area contributed by atoms with E-state index in [9.17, 15) is 21.9 Å². The van der Waals surface area contributed by atoms with Gasteiger partial charge in [-0.3, -0.25) is 0 Å². The molecule has 172 valence electrons. The number of nitrogens with one attached hydrogen (secondary N) is 1. The zero-order valence-corrected chi connectivity index (χ0v) is 21.2. The zero-order valence-electron chi connectivity index (χ0n) is 17.9. The van der Waals surface area contributed by atoms with Gasteiger partial charge in [0.2, 0.25) is 20.0 Å². The van der Waals surface area contributed by atoms with Crippen LogP contribution in [-0.2, 0) is 26.5 Å². The van der Waals surface area contributed by atoms with Crippen molar-refractivity contribution in [3.8, 4) is 5.75 Å². The summed E-state index contributed by atoms with van der Waals surface area (Å²) in [5.41, 5.74) is 2.55. The van der Waals surface area contributed by atoms with Gasteiger partial charge in [0.15, 0.2) is 0 Å². The monoisotopic (exact) mass is 533 g/mol. The number of hydrogen-bond donors (Lipinski definition) is 2. The summed E-state index contributed by atoms with van der Waals surface area (Å²) in [6.45, 7) is 1.26. The molecule has 2 N–H and O–H groups in total. The van der Waals surface area contributed by atoms with Gasteiger partial charge in [-0.25, -0.2) is 25.4 Å². The molecule has 1 unspecified atom stereocenters. The molecule has 0 saturated heterocycles. The van der Waals surface area contributed by atoms with E-state index in [4.69, 9.17) is 0 Å². The van der Waals surface area contributed by atoms with E-state index < -0.39 is 20.0 Å². The van der Waals surface area contributed by atoms with Gasteiger partial charge in [-0.2, -0.15) is 0 Å². The van der Waals surface area contributed by atoms with E-state index >= 15 is 0 Å². The second-order valence-electron chi connectivity index (χ2n) is 7.67. The highest BCUT2D eigenvalue weighted by Crippen LogP contribution is 2.36. The largest absolute Gasteiger partial charge is 0.507 e. The van der Waals surface area contributed by atoms with E-state index in [0.717, 1.165) is 25.3 Å². The first kappa shape index (κ1) is 25.8. The SMILES string of the molecule is Br.CN(C)S(=O)(=O)c1ccc(C2CNCCc3cc(S(=O)(=O)N(C)C)c(O)cc32)cc1. The van der Waals surface area contributed by atoms with Crippen molar-refractivity contribution in [1.29, 1.82) is 0 Å². The summed E-state index contributed by atoms with van der Waals surface area (Å²) in [7, 11) is -1.48. The number of sulfonamides is 2. The van der Waals surface area contributed by atoms with Crippen molar-refractivity contribution in [2.45, 2.75) is 22.1 Å². The average Bonchev–Trinajstić information content (AvgIpc) is 2.89. The molecule has 2 aromatic rings. The second kappa shape index (κ2) is 9.55. The van der Waals surface area contributed by atoms with E-state index in [1.807, 2.05) is 0 Å². The Morgan fingerprint density at radius 2 is 1.52 bits per heavy atom. The van der Waals surface area contributed by atoms with Crippen molar-refractivity contribution < 1.29 is 21.9 Å². The Balaban J connectivity index is 0.00000341. The smallest absolute Gasteiger partial charge is 0.246 e. The normalized spacial score (nSPS) is 17.2. The molecule has 0 aliphatic carbocycles. The highest BCUT2D eigenvalue weighted by molar-refractivity contribution is 8.93. The number of phenols is 1. The van der Waals surface area contributed by atoms with Gasteiger partial charge >= 0.3 is 0 Å². The van der Waals surface area contributed by atoms with Crippen LogP contribution in [0.4, 0.5) is 0 Å². The minimum atomic E-state index is -3.77. The molecule has 1 atom stereocenters. The van der Waals surface area contributed by atoms with Gasteiger partial charge in [-0.15, -0.1) is 17.0 Å². The van der Waals surface area contributed by atoms with E-state index in [-0.39, 0.29) is 38.4 Å². The summed E-state index contributed by atoms with van der Waals surface area (Å²) in [6.07, 6.45) is 0.620. The third kappa shape index (κ3) is 4.96. The van der Waals surface area contributed by atoms with Gasteiger partial charge in [0.25, 0.3) is 0 Å². The third-order valence-electron chi connectivity index (χ3n) is 5.34. The number of hydrogen-bond acceptors (Lipinski definition) is 6. The Labute approximate surface area is 194 Å². The lowest BCUT2D eigenvalue weighted by molar-refractivity contribution is 0.451. The van der Waals surface area contributed by atoms with E-state index in [2.05, 4.69) is 5.32 Å². The van der Waals surface area contributed by atoms with Crippen molar-refractivity contribution in [3.63, 3.8) is 0 Å². The lowest BCUT2D eigenvalue weighted by Gasteiger charge is -2.21. The lowest BCUT2D eigenvalue weighted by Crippen LogP contribution is -2.23. The highest BCUT2D eigenvalue weighted by atomic mass is 79.9. The molecule has 0 radical (unpaired) electrons. The summed E-state index contributed by atoms with van der Waals surface area (Å²) < 4.78 is 52.0. The van der Waals surface area contributed by atoms with Gasteiger partial charge < -0.3 is 10.4 Å². The molecule has 8 nitrogen and oxygen atoms in total. The fourth-order valence-corrected chi connectivity index (χ4v) is 5.44. The molecule has 0 bridgehead atoms. The van der Waals surface area contributed by atoms with Crippen molar-refractivity contribution >= 4 is 37.0 Å². The number of phenolic OH excluding ortho intramolecular Hbond substituents is 1. The zero-order chi connectivity index (χ0) is 22.3. The van der Waals surface area contributed by atoms with Crippen LogP contribution in [0, 0.1) is 0 Å². The first-order valence-electron chi connectivity index (χ1n) is 9.47. The van der Waals surface area contributed by atoms with Crippen LogP contribution in [0.2, 0.25) is 0 Å². The molecule has 1 aliphatic rings. The fraction of sp³-hybridized carbons (Fsp3) is 0.400. The van der Waals surface area contributed by atoms with Crippen LogP contribution in [0.25, 0.3) is 0 Å². The van der Waals surface area contributed by atoms with Gasteiger partial charge in [0.1, 0.15) is 10.6 Å². The van der Waals surface area contributed by atoms with E-state index in [0.29, 0.717) is 19.5 Å². The summed E-state index contributed by atoms with van der Waals surface area (Å²) in [6, 6.07) is 9.73. The van der Waals surface area contributed by atoms with E-state index in [1.54, 1.807) is 30.3 Å². The number of aromatic hydroxyl groups is 1. The van der Waals surface area contributed by atoms with Crippen LogP contribution < -0.4 is 5.32 Å². The molecule has 0 amide bonds. The predicted molar refractivity (Wildman–Crippen MR) is 125 cm³/mol. The maximum Gasteiger partial charge on any atom is 0.246 e. The highest BCUT2D eigenvalue weighted by Gasteiger charge is 2.28. The molecular formula is C20H28BrN3O5S2. The molecule has 1 aliphatic heterocycles. The van der Waals surface area contributed by atoms with Crippen LogP contribution in [0.5, 0.6) is 5.75 Å². The molecule has 1 heterocycles. The number of benzene rings is 2. The molecule has 0 spiro atoms. The van der Waals surface area contributed by atoms with Crippen LogP contribution in [-0.4, -0.2) is 71.8 Å². The van der Waals surface area contributed by atoms with Crippen LogP contribution in [0.15, 0.2) is 46.2 Å². The quantitative estimate of drug-likeness (QED) is 0.606. The molecule has 0 fully saturated rings. The van der Waals surface area contributed by atoms with Gasteiger partial charge in [0.05, 0.1) is 4.90 Å². The van der Waals surface area contributed by atoms with Crippen LogP contribution in [0.3, 0.4) is 0 Å². The van der Waals surface area contributed by atoms with E-state index in [1.165, 1.54) is 34.3 Å². The van der Waals surface area contributed by atoms with Gasteiger partial charge in [0, 0.05) is 40.7 Å². The minimum Gasteiger partial charge on any atom is -0.507 e. The van der Waals surface area contributed by atoms with Crippen LogP contribution in [0.1, 0.15) is 22.6 Å². The molecular weight excluding hydrogens is 506 g/mol. The number of halogens is 1. The minimum absolute atomic E-state index is 0. The van der Waals surface area contributed by atoms with Crippen molar-refractivity contribution in [2.24, 2.45) is 0 Å². The van der Waals surface area contributed by atoms with Gasteiger partial charge in [-0.1, -0.05) is 12.1 Å².